The molecule has 0 saturated carbocycles. The van der Waals surface area contributed by atoms with Crippen LogP contribution in [0.1, 0.15) is 11.3 Å². The summed E-state index contributed by atoms with van der Waals surface area (Å²) in [4.78, 5) is 23.0. The summed E-state index contributed by atoms with van der Waals surface area (Å²) in [6.45, 7) is -0.159. The van der Waals surface area contributed by atoms with Crippen LogP contribution in [0.15, 0.2) is 64.3 Å². The van der Waals surface area contributed by atoms with E-state index in [1.807, 2.05) is 30.3 Å². The molecule has 2 N–H and O–H groups in total. The first-order valence-corrected chi connectivity index (χ1v) is 6.60. The Kier molecular flexibility index (Phi) is 5.69. The second-order valence-electron chi connectivity index (χ2n) is 4.27. The number of hydrogen-bond acceptors (Lipinski definition) is 4. The first-order chi connectivity index (χ1) is 10.7. The van der Waals surface area contributed by atoms with Crippen LogP contribution in [-0.2, 0) is 9.59 Å². The van der Waals surface area contributed by atoms with E-state index in [4.69, 9.17) is 4.42 Å². The lowest BCUT2D eigenvalue weighted by Gasteiger charge is -2.00. The SMILES string of the molecule is O=C(/C=C/c1ccccc1)NCC(=O)NN=Cc1ccco1. The van der Waals surface area contributed by atoms with E-state index in [0.29, 0.717) is 5.76 Å². The lowest BCUT2D eigenvalue weighted by Crippen LogP contribution is -2.34. The van der Waals surface area contributed by atoms with Gasteiger partial charge in [0.15, 0.2) is 0 Å². The number of nitrogens with one attached hydrogen (secondary N) is 2. The number of amides is 2. The van der Waals surface area contributed by atoms with E-state index in [1.54, 1.807) is 18.2 Å². The Labute approximate surface area is 127 Å². The van der Waals surface area contributed by atoms with Crippen LogP contribution in [0.3, 0.4) is 0 Å². The molecule has 0 aliphatic carbocycles. The molecule has 22 heavy (non-hydrogen) atoms. The van der Waals surface area contributed by atoms with Crippen LogP contribution in [0.5, 0.6) is 0 Å². The molecule has 1 aromatic carbocycles. The molecule has 0 fully saturated rings. The molecule has 0 bridgehead atoms. The third-order valence-electron chi connectivity index (χ3n) is 2.57. The van der Waals surface area contributed by atoms with E-state index in [1.165, 1.54) is 18.6 Å². The van der Waals surface area contributed by atoms with E-state index < -0.39 is 5.91 Å². The standard InChI is InChI=1S/C16H15N3O3/c20-15(9-8-13-5-2-1-3-6-13)17-12-16(21)19-18-11-14-7-4-10-22-14/h1-11H,12H2,(H,17,20)(H,19,21)/b9-8+,18-11?. The third-order valence-corrected chi connectivity index (χ3v) is 2.57. The van der Waals surface area contributed by atoms with Crippen LogP contribution < -0.4 is 10.7 Å². The first kappa shape index (κ1) is 15.2. The summed E-state index contributed by atoms with van der Waals surface area (Å²) in [5.74, 6) is -0.256. The molecule has 2 aromatic rings. The number of benzene rings is 1. The number of rotatable bonds is 6. The van der Waals surface area contributed by atoms with Gasteiger partial charge >= 0.3 is 0 Å². The van der Waals surface area contributed by atoms with Crippen molar-refractivity contribution >= 4 is 24.1 Å². The summed E-state index contributed by atoms with van der Waals surface area (Å²) in [5, 5.41) is 6.16. The molecule has 0 unspecified atom stereocenters. The van der Waals surface area contributed by atoms with Crippen molar-refractivity contribution in [2.75, 3.05) is 6.54 Å². The van der Waals surface area contributed by atoms with Crippen molar-refractivity contribution in [3.63, 3.8) is 0 Å². The Morgan fingerprint density at radius 2 is 1.95 bits per heavy atom. The van der Waals surface area contributed by atoms with Crippen LogP contribution >= 0.6 is 0 Å². The van der Waals surface area contributed by atoms with Gasteiger partial charge in [-0.3, -0.25) is 9.59 Å². The Balaban J connectivity index is 1.69. The van der Waals surface area contributed by atoms with Gasteiger partial charge in [-0.1, -0.05) is 30.3 Å². The van der Waals surface area contributed by atoms with E-state index in [-0.39, 0.29) is 12.5 Å². The second kappa shape index (κ2) is 8.21. The van der Waals surface area contributed by atoms with Gasteiger partial charge in [0.2, 0.25) is 5.91 Å². The van der Waals surface area contributed by atoms with Gasteiger partial charge in [-0.2, -0.15) is 5.10 Å². The molecule has 1 aromatic heterocycles. The van der Waals surface area contributed by atoms with Crippen molar-refractivity contribution in [1.82, 2.24) is 10.7 Å². The molecule has 2 amide bonds. The fraction of sp³-hybridized carbons (Fsp3) is 0.0625. The highest BCUT2D eigenvalue weighted by atomic mass is 16.3. The van der Waals surface area contributed by atoms with Crippen LogP contribution in [0.2, 0.25) is 0 Å². The summed E-state index contributed by atoms with van der Waals surface area (Å²) in [7, 11) is 0. The van der Waals surface area contributed by atoms with E-state index >= 15 is 0 Å². The average molecular weight is 297 g/mol. The normalized spacial score (nSPS) is 10.9. The average Bonchev–Trinajstić information content (AvgIpc) is 3.05. The van der Waals surface area contributed by atoms with Crippen molar-refractivity contribution in [3.8, 4) is 0 Å². The van der Waals surface area contributed by atoms with E-state index in [0.717, 1.165) is 5.56 Å². The molecule has 0 saturated heterocycles. The summed E-state index contributed by atoms with van der Waals surface area (Å²) >= 11 is 0. The van der Waals surface area contributed by atoms with Gasteiger partial charge in [0.05, 0.1) is 19.0 Å². The zero-order valence-electron chi connectivity index (χ0n) is 11.7. The maximum atomic E-state index is 11.6. The third kappa shape index (κ3) is 5.46. The summed E-state index contributed by atoms with van der Waals surface area (Å²) in [6, 6.07) is 12.8. The number of carbonyl (C=O) groups excluding carboxylic acids is 2. The van der Waals surface area contributed by atoms with Crippen LogP contribution in [0.4, 0.5) is 0 Å². The molecule has 0 radical (unpaired) electrons. The minimum Gasteiger partial charge on any atom is -0.463 e. The molecular formula is C16H15N3O3. The van der Waals surface area contributed by atoms with Crippen LogP contribution in [0, 0.1) is 0 Å². The Morgan fingerprint density at radius 1 is 1.14 bits per heavy atom. The second-order valence-corrected chi connectivity index (χ2v) is 4.27. The summed E-state index contributed by atoms with van der Waals surface area (Å²) < 4.78 is 5.01. The zero-order chi connectivity index (χ0) is 15.6. The Bertz CT molecular complexity index is 661. The highest BCUT2D eigenvalue weighted by Gasteiger charge is 2.01. The predicted octanol–water partition coefficient (Wildman–Crippen LogP) is 1.56. The van der Waals surface area contributed by atoms with Gasteiger partial charge in [-0.25, -0.2) is 5.43 Å². The number of furan rings is 1. The number of nitrogens with zero attached hydrogens (tertiary/aromatic N) is 1. The first-order valence-electron chi connectivity index (χ1n) is 6.60. The molecule has 0 atom stereocenters. The number of carbonyl (C=O) groups is 2. The smallest absolute Gasteiger partial charge is 0.259 e. The molecule has 6 nitrogen and oxygen atoms in total. The van der Waals surface area contributed by atoms with Gasteiger partial charge in [0.25, 0.3) is 5.91 Å². The quantitative estimate of drug-likeness (QED) is 0.482. The molecule has 1 heterocycles. The maximum absolute atomic E-state index is 11.6. The molecule has 0 aliphatic heterocycles. The lowest BCUT2D eigenvalue weighted by atomic mass is 10.2. The Morgan fingerprint density at radius 3 is 2.68 bits per heavy atom. The van der Waals surface area contributed by atoms with Crippen LogP contribution in [0.25, 0.3) is 6.08 Å². The number of hydrazone groups is 1. The van der Waals surface area contributed by atoms with Crippen molar-refractivity contribution < 1.29 is 14.0 Å². The largest absolute Gasteiger partial charge is 0.463 e. The fourth-order valence-electron chi connectivity index (χ4n) is 1.53. The molecule has 6 heteroatoms. The molecule has 112 valence electrons. The van der Waals surface area contributed by atoms with Crippen molar-refractivity contribution in [2.24, 2.45) is 5.10 Å². The Hall–Kier alpha value is -3.15. The lowest BCUT2D eigenvalue weighted by molar-refractivity contribution is -0.123. The van der Waals surface area contributed by atoms with Crippen LogP contribution in [-0.4, -0.2) is 24.6 Å². The van der Waals surface area contributed by atoms with Gasteiger partial charge in [0, 0.05) is 6.08 Å². The minimum absolute atomic E-state index is 0.159. The van der Waals surface area contributed by atoms with Crippen molar-refractivity contribution in [1.29, 1.82) is 0 Å². The van der Waals surface area contributed by atoms with Gasteiger partial charge in [-0.15, -0.1) is 0 Å². The predicted molar refractivity (Wildman–Crippen MR) is 82.9 cm³/mol. The minimum atomic E-state index is -0.427. The highest BCUT2D eigenvalue weighted by Crippen LogP contribution is 2.00. The van der Waals surface area contributed by atoms with Gasteiger partial charge in [-0.05, 0) is 23.8 Å². The molecular weight excluding hydrogens is 282 g/mol. The van der Waals surface area contributed by atoms with E-state index in [9.17, 15) is 9.59 Å². The fourth-order valence-corrected chi connectivity index (χ4v) is 1.53. The molecule has 0 spiro atoms. The summed E-state index contributed by atoms with van der Waals surface area (Å²) in [5.41, 5.74) is 3.19. The topological polar surface area (TPSA) is 83.7 Å². The zero-order valence-corrected chi connectivity index (χ0v) is 11.7. The highest BCUT2D eigenvalue weighted by molar-refractivity contribution is 5.94. The monoisotopic (exact) mass is 297 g/mol. The maximum Gasteiger partial charge on any atom is 0.259 e. The number of hydrogen-bond donors (Lipinski definition) is 2. The molecule has 0 aliphatic rings. The van der Waals surface area contributed by atoms with E-state index in [2.05, 4.69) is 15.8 Å². The molecule has 2 rings (SSSR count). The van der Waals surface area contributed by atoms with Gasteiger partial charge < -0.3 is 9.73 Å². The van der Waals surface area contributed by atoms with Crippen molar-refractivity contribution in [2.45, 2.75) is 0 Å². The summed E-state index contributed by atoms with van der Waals surface area (Å²) in [6.07, 6.45) is 5.91. The van der Waals surface area contributed by atoms with Gasteiger partial charge in [0.1, 0.15) is 5.76 Å². The van der Waals surface area contributed by atoms with Crippen molar-refractivity contribution in [3.05, 3.63) is 66.1 Å².